The van der Waals surface area contributed by atoms with Gasteiger partial charge in [-0.3, -0.25) is 19.3 Å². The first-order valence-corrected chi connectivity index (χ1v) is 8.86. The van der Waals surface area contributed by atoms with Crippen molar-refractivity contribution < 1.29 is 23.5 Å². The van der Waals surface area contributed by atoms with Gasteiger partial charge in [-0.2, -0.15) is 0 Å². The highest BCUT2D eigenvalue weighted by Gasteiger charge is 2.46. The number of nitrogens with zero attached hydrogens (tertiary/aromatic N) is 1. The average Bonchev–Trinajstić information content (AvgIpc) is 2.84. The highest BCUT2D eigenvalue weighted by atomic mass is 79.9. The molecule has 132 valence electrons. The quantitative estimate of drug-likeness (QED) is 0.426. The summed E-state index contributed by atoms with van der Waals surface area (Å²) in [5, 5.41) is 0. The lowest BCUT2D eigenvalue weighted by atomic mass is 9.85. The number of likely N-dealkylation sites (tertiary alicyclic amines) is 1. The Morgan fingerprint density at radius 1 is 1.20 bits per heavy atom. The van der Waals surface area contributed by atoms with Gasteiger partial charge in [-0.25, -0.2) is 4.39 Å². The first kappa shape index (κ1) is 17.8. The number of allylic oxidation sites excluding steroid dienone is 2. The van der Waals surface area contributed by atoms with Crippen molar-refractivity contribution in [2.24, 2.45) is 11.8 Å². The summed E-state index contributed by atoms with van der Waals surface area (Å²) in [5.41, 5.74) is 0.266. The predicted molar refractivity (Wildman–Crippen MR) is 90.6 cm³/mol. The van der Waals surface area contributed by atoms with Crippen LogP contribution in [0.5, 0.6) is 0 Å². The number of hydrogen-bond donors (Lipinski definition) is 0. The van der Waals surface area contributed by atoms with Crippen molar-refractivity contribution >= 4 is 33.7 Å². The zero-order valence-corrected chi connectivity index (χ0v) is 15.0. The predicted octanol–water partition coefficient (Wildman–Crippen LogP) is 2.97. The van der Waals surface area contributed by atoms with E-state index in [4.69, 9.17) is 4.74 Å². The Morgan fingerprint density at radius 2 is 1.84 bits per heavy atom. The number of halogens is 2. The fraction of sp³-hybridized carbons (Fsp3) is 0.389. The highest BCUT2D eigenvalue weighted by Crippen LogP contribution is 2.35. The van der Waals surface area contributed by atoms with Crippen molar-refractivity contribution in [1.29, 1.82) is 0 Å². The van der Waals surface area contributed by atoms with E-state index in [1.54, 1.807) is 6.07 Å². The molecule has 0 aromatic heterocycles. The second-order valence-electron chi connectivity index (χ2n) is 6.13. The lowest BCUT2D eigenvalue weighted by Gasteiger charge is -2.14. The van der Waals surface area contributed by atoms with Gasteiger partial charge in [0.05, 0.1) is 18.3 Å². The van der Waals surface area contributed by atoms with E-state index in [2.05, 4.69) is 15.9 Å². The lowest BCUT2D eigenvalue weighted by molar-refractivity contribution is -0.146. The van der Waals surface area contributed by atoms with Crippen LogP contribution in [0.3, 0.4) is 0 Å². The summed E-state index contributed by atoms with van der Waals surface area (Å²) >= 11 is 3.15. The molecule has 1 fully saturated rings. The number of fused-ring (bicyclic) bond motifs is 1. The number of esters is 1. The van der Waals surface area contributed by atoms with Gasteiger partial charge in [0.2, 0.25) is 11.8 Å². The van der Waals surface area contributed by atoms with E-state index in [0.717, 1.165) is 4.90 Å². The van der Waals surface area contributed by atoms with E-state index in [0.29, 0.717) is 17.3 Å². The molecule has 2 amide bonds. The van der Waals surface area contributed by atoms with Crippen LogP contribution in [0.1, 0.15) is 24.8 Å². The molecule has 1 aliphatic heterocycles. The molecule has 1 saturated heterocycles. The molecule has 5 nitrogen and oxygen atoms in total. The van der Waals surface area contributed by atoms with Crippen molar-refractivity contribution in [2.75, 3.05) is 6.54 Å². The molecule has 0 radical (unpaired) electrons. The second kappa shape index (κ2) is 7.47. The van der Waals surface area contributed by atoms with Crippen LogP contribution >= 0.6 is 15.9 Å². The molecule has 0 bridgehead atoms. The van der Waals surface area contributed by atoms with Crippen molar-refractivity contribution in [3.63, 3.8) is 0 Å². The summed E-state index contributed by atoms with van der Waals surface area (Å²) in [7, 11) is 0. The van der Waals surface area contributed by atoms with E-state index in [9.17, 15) is 18.8 Å². The maximum absolute atomic E-state index is 13.7. The summed E-state index contributed by atoms with van der Waals surface area (Å²) in [5.74, 6) is -2.08. The number of hydrogen-bond acceptors (Lipinski definition) is 4. The summed E-state index contributed by atoms with van der Waals surface area (Å²) < 4.78 is 19.3. The molecule has 2 unspecified atom stereocenters. The standard InChI is InChI=1S/C18H17BrFNO4/c19-12-6-5-11(15(20)9-12)10-25-16(22)7-8-21-17(23)13-3-1-2-4-14(13)18(21)24/h1-2,5-6,9,13-14H,3-4,7-8,10H2. The third kappa shape index (κ3) is 3.81. The van der Waals surface area contributed by atoms with Crippen molar-refractivity contribution in [3.05, 3.63) is 46.2 Å². The van der Waals surface area contributed by atoms with Crippen molar-refractivity contribution in [1.82, 2.24) is 4.90 Å². The molecule has 0 spiro atoms. The molecule has 1 aliphatic carbocycles. The number of rotatable bonds is 5. The van der Waals surface area contributed by atoms with Gasteiger partial charge < -0.3 is 4.74 Å². The number of amides is 2. The number of carbonyl (C=O) groups is 3. The van der Waals surface area contributed by atoms with E-state index < -0.39 is 11.8 Å². The molecule has 7 heteroatoms. The zero-order chi connectivity index (χ0) is 18.0. The third-order valence-corrected chi connectivity index (χ3v) is 5.04. The van der Waals surface area contributed by atoms with Crippen LogP contribution in [0.25, 0.3) is 0 Å². The van der Waals surface area contributed by atoms with Crippen LogP contribution in [-0.2, 0) is 25.7 Å². The van der Waals surface area contributed by atoms with Gasteiger partial charge in [-0.15, -0.1) is 0 Å². The van der Waals surface area contributed by atoms with Crippen LogP contribution < -0.4 is 0 Å². The van der Waals surface area contributed by atoms with Crippen LogP contribution in [-0.4, -0.2) is 29.2 Å². The Labute approximate surface area is 153 Å². The van der Waals surface area contributed by atoms with Gasteiger partial charge in [0, 0.05) is 16.6 Å². The fourth-order valence-electron chi connectivity index (χ4n) is 3.16. The summed E-state index contributed by atoms with van der Waals surface area (Å²) in [6.45, 7) is -0.179. The molecule has 2 aliphatic rings. The SMILES string of the molecule is O=C(CCN1C(=O)C2CC=CCC2C1=O)OCc1ccc(Br)cc1F. The fourth-order valence-corrected chi connectivity index (χ4v) is 3.49. The third-order valence-electron chi connectivity index (χ3n) is 4.54. The van der Waals surface area contributed by atoms with E-state index in [1.807, 2.05) is 12.2 Å². The molecular weight excluding hydrogens is 393 g/mol. The Balaban J connectivity index is 1.51. The molecular formula is C18H17BrFNO4. The normalized spacial score (nSPS) is 22.2. The topological polar surface area (TPSA) is 63.7 Å². The molecule has 0 saturated carbocycles. The largest absolute Gasteiger partial charge is 0.461 e. The Morgan fingerprint density at radius 3 is 2.44 bits per heavy atom. The highest BCUT2D eigenvalue weighted by molar-refractivity contribution is 9.10. The van der Waals surface area contributed by atoms with Crippen molar-refractivity contribution in [3.8, 4) is 0 Å². The molecule has 25 heavy (non-hydrogen) atoms. The second-order valence-corrected chi connectivity index (χ2v) is 7.05. The van der Waals surface area contributed by atoms with Gasteiger partial charge in [-0.05, 0) is 25.0 Å². The maximum atomic E-state index is 13.7. The van der Waals surface area contributed by atoms with Crippen LogP contribution in [0.15, 0.2) is 34.8 Å². The van der Waals surface area contributed by atoms with Gasteiger partial charge in [0.1, 0.15) is 12.4 Å². The van der Waals surface area contributed by atoms with E-state index >= 15 is 0 Å². The molecule has 2 atom stereocenters. The monoisotopic (exact) mass is 409 g/mol. The molecule has 1 heterocycles. The van der Waals surface area contributed by atoms with Crippen molar-refractivity contribution in [2.45, 2.75) is 25.9 Å². The molecule has 1 aromatic rings. The Bertz CT molecular complexity index is 723. The Kier molecular flexibility index (Phi) is 5.32. The molecule has 1 aromatic carbocycles. The number of ether oxygens (including phenoxy) is 1. The summed E-state index contributed by atoms with van der Waals surface area (Å²) in [6, 6.07) is 4.47. The van der Waals surface area contributed by atoms with Gasteiger partial charge >= 0.3 is 5.97 Å². The summed E-state index contributed by atoms with van der Waals surface area (Å²) in [4.78, 5) is 37.6. The first-order chi connectivity index (χ1) is 12.0. The van der Waals surface area contributed by atoms with Crippen LogP contribution in [0.2, 0.25) is 0 Å². The van der Waals surface area contributed by atoms with Gasteiger partial charge in [-0.1, -0.05) is 34.1 Å². The maximum Gasteiger partial charge on any atom is 0.307 e. The minimum atomic E-state index is -0.573. The lowest BCUT2D eigenvalue weighted by Crippen LogP contribution is -2.33. The molecule has 3 rings (SSSR count). The smallest absolute Gasteiger partial charge is 0.307 e. The Hall–Kier alpha value is -2.02. The average molecular weight is 410 g/mol. The summed E-state index contributed by atoms with van der Waals surface area (Å²) in [6.07, 6.45) is 4.87. The minimum Gasteiger partial charge on any atom is -0.461 e. The van der Waals surface area contributed by atoms with E-state index in [-0.39, 0.29) is 48.8 Å². The van der Waals surface area contributed by atoms with Crippen LogP contribution in [0.4, 0.5) is 4.39 Å². The zero-order valence-electron chi connectivity index (χ0n) is 13.4. The van der Waals surface area contributed by atoms with Gasteiger partial charge in [0.25, 0.3) is 0 Å². The number of benzene rings is 1. The number of carbonyl (C=O) groups excluding carboxylic acids is 3. The first-order valence-electron chi connectivity index (χ1n) is 8.07. The number of imide groups is 1. The molecule has 0 N–H and O–H groups in total. The van der Waals surface area contributed by atoms with Gasteiger partial charge in [0.15, 0.2) is 0 Å². The van der Waals surface area contributed by atoms with E-state index in [1.165, 1.54) is 12.1 Å². The van der Waals surface area contributed by atoms with Crippen LogP contribution in [0, 0.1) is 17.7 Å². The minimum absolute atomic E-state index is 0.00627.